The number of aryl methyl sites for hydroxylation is 2. The molecule has 0 fully saturated rings. The zero-order chi connectivity index (χ0) is 17.7. The lowest BCUT2D eigenvalue weighted by molar-refractivity contribution is -0.121. The van der Waals surface area contributed by atoms with Crippen LogP contribution in [-0.2, 0) is 11.2 Å². The molecule has 0 bridgehead atoms. The molecule has 0 saturated carbocycles. The minimum Gasteiger partial charge on any atom is -0.491 e. The largest absolute Gasteiger partial charge is 0.491 e. The monoisotopic (exact) mass is 349 g/mol. The van der Waals surface area contributed by atoms with E-state index < -0.39 is 5.82 Å². The average molecular weight is 350 g/mol. The molecule has 24 heavy (non-hydrogen) atoms. The van der Waals surface area contributed by atoms with E-state index in [4.69, 9.17) is 16.3 Å². The van der Waals surface area contributed by atoms with Gasteiger partial charge in [0.05, 0.1) is 12.5 Å². The summed E-state index contributed by atoms with van der Waals surface area (Å²) in [7, 11) is 0. The van der Waals surface area contributed by atoms with E-state index in [9.17, 15) is 9.18 Å². The Morgan fingerprint density at radius 1 is 1.21 bits per heavy atom. The number of amides is 1. The lowest BCUT2D eigenvalue weighted by atomic mass is 10.1. The number of carbonyl (C=O) groups is 1. The molecule has 0 aliphatic carbocycles. The zero-order valence-corrected chi connectivity index (χ0v) is 14.8. The van der Waals surface area contributed by atoms with Gasteiger partial charge < -0.3 is 10.1 Å². The molecule has 2 aromatic carbocycles. The zero-order valence-electron chi connectivity index (χ0n) is 14.0. The maximum Gasteiger partial charge on any atom is 0.224 e. The van der Waals surface area contributed by atoms with Crippen molar-refractivity contribution in [1.29, 1.82) is 0 Å². The quantitative estimate of drug-likeness (QED) is 0.847. The summed E-state index contributed by atoms with van der Waals surface area (Å²) in [6.45, 7) is 6.25. The molecule has 0 heterocycles. The maximum absolute atomic E-state index is 13.7. The number of halogens is 2. The Bertz CT molecular complexity index is 733. The van der Waals surface area contributed by atoms with Gasteiger partial charge in [-0.2, -0.15) is 0 Å². The number of rotatable bonds is 6. The smallest absolute Gasteiger partial charge is 0.224 e. The van der Waals surface area contributed by atoms with Crippen LogP contribution in [0.3, 0.4) is 0 Å². The Balaban J connectivity index is 1.83. The Morgan fingerprint density at radius 2 is 1.96 bits per heavy atom. The van der Waals surface area contributed by atoms with E-state index in [1.807, 2.05) is 39.0 Å². The van der Waals surface area contributed by atoms with Gasteiger partial charge in [0.15, 0.2) is 0 Å². The first-order valence-corrected chi connectivity index (χ1v) is 8.16. The lowest BCUT2D eigenvalue weighted by Crippen LogP contribution is -2.37. The van der Waals surface area contributed by atoms with E-state index >= 15 is 0 Å². The molecule has 0 aliphatic rings. The minimum absolute atomic E-state index is 0.0308. The molecule has 0 radical (unpaired) electrons. The highest BCUT2D eigenvalue weighted by atomic mass is 35.5. The summed E-state index contributed by atoms with van der Waals surface area (Å²) >= 11 is 5.70. The SMILES string of the molecule is Cc1ccc(OC[C@H](C)NC(=O)Cc2ccc(Cl)cc2F)cc1C. The van der Waals surface area contributed by atoms with Crippen molar-refractivity contribution in [2.24, 2.45) is 0 Å². The summed E-state index contributed by atoms with van der Waals surface area (Å²) in [5.41, 5.74) is 2.68. The van der Waals surface area contributed by atoms with Crippen molar-refractivity contribution in [3.63, 3.8) is 0 Å². The molecule has 128 valence electrons. The highest BCUT2D eigenvalue weighted by Gasteiger charge is 2.12. The summed E-state index contributed by atoms with van der Waals surface area (Å²) in [4.78, 5) is 12.0. The van der Waals surface area contributed by atoms with Crippen LogP contribution in [0, 0.1) is 19.7 Å². The number of carbonyl (C=O) groups excluding carboxylic acids is 1. The normalized spacial score (nSPS) is 11.9. The predicted molar refractivity (Wildman–Crippen MR) is 94.1 cm³/mol. The molecule has 2 aromatic rings. The molecule has 1 atom stereocenters. The van der Waals surface area contributed by atoms with Gasteiger partial charge in [-0.3, -0.25) is 4.79 Å². The summed E-state index contributed by atoms with van der Waals surface area (Å²) in [5, 5.41) is 3.11. The van der Waals surface area contributed by atoms with Crippen molar-refractivity contribution in [1.82, 2.24) is 5.32 Å². The Labute approximate surface area is 146 Å². The number of hydrogen-bond donors (Lipinski definition) is 1. The van der Waals surface area contributed by atoms with Crippen molar-refractivity contribution in [2.75, 3.05) is 6.61 Å². The first-order chi connectivity index (χ1) is 11.3. The number of nitrogens with one attached hydrogen (secondary N) is 1. The lowest BCUT2D eigenvalue weighted by Gasteiger charge is -2.16. The van der Waals surface area contributed by atoms with Crippen LogP contribution in [0.1, 0.15) is 23.6 Å². The van der Waals surface area contributed by atoms with Gasteiger partial charge in [0, 0.05) is 5.02 Å². The van der Waals surface area contributed by atoms with Crippen LogP contribution in [0.5, 0.6) is 5.75 Å². The van der Waals surface area contributed by atoms with E-state index in [1.54, 1.807) is 6.07 Å². The van der Waals surface area contributed by atoms with Crippen molar-refractivity contribution in [3.8, 4) is 5.75 Å². The van der Waals surface area contributed by atoms with Gasteiger partial charge in [-0.25, -0.2) is 4.39 Å². The van der Waals surface area contributed by atoms with Gasteiger partial charge in [-0.05, 0) is 61.7 Å². The number of hydrogen-bond acceptors (Lipinski definition) is 2. The van der Waals surface area contributed by atoms with Crippen LogP contribution >= 0.6 is 11.6 Å². The molecule has 2 rings (SSSR count). The number of ether oxygens (including phenoxy) is 1. The second-order valence-corrected chi connectivity index (χ2v) is 6.37. The van der Waals surface area contributed by atoms with E-state index in [-0.39, 0.29) is 18.4 Å². The van der Waals surface area contributed by atoms with E-state index in [1.165, 1.54) is 17.7 Å². The molecule has 5 heteroatoms. The van der Waals surface area contributed by atoms with Crippen LogP contribution in [-0.4, -0.2) is 18.6 Å². The molecule has 3 nitrogen and oxygen atoms in total. The second kappa shape index (κ2) is 8.15. The van der Waals surface area contributed by atoms with E-state index in [0.717, 1.165) is 11.3 Å². The number of benzene rings is 2. The molecule has 0 saturated heterocycles. The van der Waals surface area contributed by atoms with Crippen LogP contribution in [0.15, 0.2) is 36.4 Å². The molecular formula is C19H21ClFNO2. The Kier molecular flexibility index (Phi) is 6.21. The highest BCUT2D eigenvalue weighted by Crippen LogP contribution is 2.17. The summed E-state index contributed by atoms with van der Waals surface area (Å²) < 4.78 is 19.4. The Hall–Kier alpha value is -2.07. The van der Waals surface area contributed by atoms with Crippen LogP contribution in [0.25, 0.3) is 0 Å². The first-order valence-electron chi connectivity index (χ1n) is 7.78. The van der Waals surface area contributed by atoms with E-state index in [2.05, 4.69) is 5.32 Å². The average Bonchev–Trinajstić information content (AvgIpc) is 2.51. The van der Waals surface area contributed by atoms with Crippen molar-refractivity contribution in [2.45, 2.75) is 33.2 Å². The summed E-state index contributed by atoms with van der Waals surface area (Å²) in [5.74, 6) is 0.0343. The van der Waals surface area contributed by atoms with Crippen molar-refractivity contribution < 1.29 is 13.9 Å². The third kappa shape index (κ3) is 5.24. The minimum atomic E-state index is -0.475. The molecule has 1 N–H and O–H groups in total. The summed E-state index contributed by atoms with van der Waals surface area (Å²) in [6.07, 6.45) is -0.0308. The molecule has 0 aromatic heterocycles. The predicted octanol–water partition coefficient (Wildman–Crippen LogP) is 4.22. The topological polar surface area (TPSA) is 38.3 Å². The van der Waals surface area contributed by atoms with Gasteiger partial charge in [0.2, 0.25) is 5.91 Å². The summed E-state index contributed by atoms with van der Waals surface area (Å²) in [6, 6.07) is 9.97. The Morgan fingerprint density at radius 3 is 2.62 bits per heavy atom. The van der Waals surface area contributed by atoms with Gasteiger partial charge in [0.1, 0.15) is 18.2 Å². The third-order valence-electron chi connectivity index (χ3n) is 3.75. The third-order valence-corrected chi connectivity index (χ3v) is 3.99. The van der Waals surface area contributed by atoms with Crippen LogP contribution in [0.2, 0.25) is 5.02 Å². The van der Waals surface area contributed by atoms with Crippen LogP contribution < -0.4 is 10.1 Å². The maximum atomic E-state index is 13.7. The molecular weight excluding hydrogens is 329 g/mol. The molecule has 0 spiro atoms. The van der Waals surface area contributed by atoms with Gasteiger partial charge >= 0.3 is 0 Å². The van der Waals surface area contributed by atoms with Gasteiger partial charge in [-0.1, -0.05) is 23.7 Å². The van der Waals surface area contributed by atoms with Gasteiger partial charge in [-0.15, -0.1) is 0 Å². The highest BCUT2D eigenvalue weighted by molar-refractivity contribution is 6.30. The van der Waals surface area contributed by atoms with Crippen molar-refractivity contribution in [3.05, 3.63) is 63.9 Å². The van der Waals surface area contributed by atoms with E-state index in [0.29, 0.717) is 17.2 Å². The fourth-order valence-corrected chi connectivity index (χ4v) is 2.39. The first kappa shape index (κ1) is 18.3. The molecule has 0 aliphatic heterocycles. The standard InChI is InChI=1S/C19H21ClFNO2/c1-12-4-7-17(8-13(12)2)24-11-14(3)22-19(23)9-15-5-6-16(20)10-18(15)21/h4-8,10,14H,9,11H2,1-3H3,(H,22,23)/t14-/m0/s1. The van der Waals surface area contributed by atoms with Gasteiger partial charge in [0.25, 0.3) is 0 Å². The second-order valence-electron chi connectivity index (χ2n) is 5.94. The van der Waals surface area contributed by atoms with Crippen LogP contribution in [0.4, 0.5) is 4.39 Å². The fraction of sp³-hybridized carbons (Fsp3) is 0.316. The van der Waals surface area contributed by atoms with Crippen molar-refractivity contribution >= 4 is 17.5 Å². The molecule has 0 unspecified atom stereocenters. The molecule has 1 amide bonds. The fourth-order valence-electron chi connectivity index (χ4n) is 2.23.